The fraction of sp³-hybridized carbons (Fsp3) is 0.421. The summed E-state index contributed by atoms with van der Waals surface area (Å²) in [5.74, 6) is 0. The number of pyridine rings is 1. The molecular formula is C19H23Cl2N3. The lowest BCUT2D eigenvalue weighted by molar-refractivity contribution is 0.134. The molecule has 0 N–H and O–H groups in total. The standard InChI is InChI=1S/C19H23Cl2N3/c20-18-5-4-16(15-19(18)21)6-9-23-11-13-24(14-12-23)10-7-17-3-1-2-8-22-17/h1-5,8,15H,6-7,9-14H2. The Morgan fingerprint density at radius 2 is 1.54 bits per heavy atom. The molecule has 0 unspecified atom stereocenters. The van der Waals surface area contributed by atoms with E-state index in [0.29, 0.717) is 10.0 Å². The highest BCUT2D eigenvalue weighted by Crippen LogP contribution is 2.22. The first-order valence-corrected chi connectivity index (χ1v) is 9.25. The molecule has 1 fully saturated rings. The molecule has 1 aliphatic rings. The Balaban J connectivity index is 1.38. The van der Waals surface area contributed by atoms with Gasteiger partial charge in [-0.15, -0.1) is 0 Å². The Hall–Kier alpha value is -1.13. The minimum atomic E-state index is 0.627. The van der Waals surface area contributed by atoms with E-state index in [2.05, 4.69) is 33.0 Å². The molecule has 0 bridgehead atoms. The lowest BCUT2D eigenvalue weighted by Gasteiger charge is -2.34. The fourth-order valence-electron chi connectivity index (χ4n) is 3.04. The first kappa shape index (κ1) is 17.7. The van der Waals surface area contributed by atoms with Gasteiger partial charge in [0, 0.05) is 57.6 Å². The molecule has 0 atom stereocenters. The minimum absolute atomic E-state index is 0.627. The van der Waals surface area contributed by atoms with E-state index < -0.39 is 0 Å². The van der Waals surface area contributed by atoms with Gasteiger partial charge in [-0.3, -0.25) is 4.98 Å². The topological polar surface area (TPSA) is 19.4 Å². The summed E-state index contributed by atoms with van der Waals surface area (Å²) in [6.07, 6.45) is 3.92. The molecule has 0 saturated carbocycles. The number of rotatable bonds is 6. The Morgan fingerprint density at radius 1 is 0.833 bits per heavy atom. The van der Waals surface area contributed by atoms with Gasteiger partial charge in [-0.05, 0) is 36.2 Å². The largest absolute Gasteiger partial charge is 0.300 e. The molecule has 3 rings (SSSR count). The van der Waals surface area contributed by atoms with E-state index in [1.807, 2.05) is 24.4 Å². The highest BCUT2D eigenvalue weighted by molar-refractivity contribution is 6.42. The average molecular weight is 364 g/mol. The third-order valence-electron chi connectivity index (χ3n) is 4.58. The molecule has 1 aromatic heterocycles. The summed E-state index contributed by atoms with van der Waals surface area (Å²) >= 11 is 12.0. The zero-order chi connectivity index (χ0) is 16.8. The number of halogens is 2. The van der Waals surface area contributed by atoms with Crippen LogP contribution in [0.15, 0.2) is 42.6 Å². The molecule has 1 saturated heterocycles. The fourth-order valence-corrected chi connectivity index (χ4v) is 3.36. The zero-order valence-electron chi connectivity index (χ0n) is 13.8. The first-order chi connectivity index (χ1) is 11.7. The van der Waals surface area contributed by atoms with Crippen molar-refractivity contribution in [1.82, 2.24) is 14.8 Å². The van der Waals surface area contributed by atoms with Crippen LogP contribution in [0.2, 0.25) is 10.0 Å². The van der Waals surface area contributed by atoms with Gasteiger partial charge in [-0.25, -0.2) is 0 Å². The van der Waals surface area contributed by atoms with Crippen LogP contribution in [0.5, 0.6) is 0 Å². The van der Waals surface area contributed by atoms with Crippen molar-refractivity contribution in [2.75, 3.05) is 39.3 Å². The highest BCUT2D eigenvalue weighted by Gasteiger charge is 2.16. The maximum atomic E-state index is 6.08. The van der Waals surface area contributed by atoms with Crippen LogP contribution in [0.1, 0.15) is 11.3 Å². The average Bonchev–Trinajstić information content (AvgIpc) is 2.63. The molecule has 0 spiro atoms. The lowest BCUT2D eigenvalue weighted by atomic mass is 10.1. The predicted octanol–water partition coefficient (Wildman–Crippen LogP) is 3.79. The van der Waals surface area contributed by atoms with Crippen LogP contribution >= 0.6 is 23.2 Å². The molecule has 2 aromatic rings. The Bertz CT molecular complexity index is 640. The summed E-state index contributed by atoms with van der Waals surface area (Å²) in [6, 6.07) is 12.1. The number of hydrogen-bond donors (Lipinski definition) is 0. The molecule has 128 valence electrons. The number of aromatic nitrogens is 1. The maximum Gasteiger partial charge on any atom is 0.0595 e. The molecule has 2 heterocycles. The van der Waals surface area contributed by atoms with Gasteiger partial charge in [-0.2, -0.15) is 0 Å². The van der Waals surface area contributed by atoms with Crippen LogP contribution in [0.25, 0.3) is 0 Å². The monoisotopic (exact) mass is 363 g/mol. The van der Waals surface area contributed by atoms with E-state index in [1.165, 1.54) is 11.3 Å². The normalized spacial score (nSPS) is 16.4. The smallest absolute Gasteiger partial charge is 0.0595 e. The molecule has 0 amide bonds. The molecule has 5 heteroatoms. The van der Waals surface area contributed by atoms with Crippen LogP contribution in [0.4, 0.5) is 0 Å². The Labute approximate surface area is 154 Å². The molecule has 1 aliphatic heterocycles. The SMILES string of the molecule is Clc1ccc(CCN2CCN(CCc3ccccn3)CC2)cc1Cl. The summed E-state index contributed by atoms with van der Waals surface area (Å²) in [4.78, 5) is 9.46. The highest BCUT2D eigenvalue weighted by atomic mass is 35.5. The van der Waals surface area contributed by atoms with Crippen LogP contribution in [0.3, 0.4) is 0 Å². The number of nitrogens with zero attached hydrogens (tertiary/aromatic N) is 3. The van der Waals surface area contributed by atoms with Crippen molar-refractivity contribution in [3.8, 4) is 0 Å². The predicted molar refractivity (Wildman–Crippen MR) is 101 cm³/mol. The summed E-state index contributed by atoms with van der Waals surface area (Å²) in [5.41, 5.74) is 2.43. The van der Waals surface area contributed by atoms with Crippen molar-refractivity contribution in [2.45, 2.75) is 12.8 Å². The van der Waals surface area contributed by atoms with Crippen molar-refractivity contribution in [3.63, 3.8) is 0 Å². The van der Waals surface area contributed by atoms with Gasteiger partial charge < -0.3 is 9.80 Å². The van der Waals surface area contributed by atoms with E-state index in [-0.39, 0.29) is 0 Å². The van der Waals surface area contributed by atoms with Crippen molar-refractivity contribution < 1.29 is 0 Å². The zero-order valence-corrected chi connectivity index (χ0v) is 15.3. The molecule has 1 aromatic carbocycles. The minimum Gasteiger partial charge on any atom is -0.300 e. The van der Waals surface area contributed by atoms with E-state index in [4.69, 9.17) is 23.2 Å². The van der Waals surface area contributed by atoms with Gasteiger partial charge in [0.2, 0.25) is 0 Å². The van der Waals surface area contributed by atoms with Crippen LogP contribution in [-0.2, 0) is 12.8 Å². The second kappa shape index (κ2) is 8.82. The van der Waals surface area contributed by atoms with Gasteiger partial charge >= 0.3 is 0 Å². The number of piperazine rings is 1. The van der Waals surface area contributed by atoms with Gasteiger partial charge in [0.1, 0.15) is 0 Å². The van der Waals surface area contributed by atoms with Crippen LogP contribution in [0, 0.1) is 0 Å². The molecular weight excluding hydrogens is 341 g/mol. The number of benzene rings is 1. The van der Waals surface area contributed by atoms with E-state index in [9.17, 15) is 0 Å². The van der Waals surface area contributed by atoms with Crippen molar-refractivity contribution >= 4 is 23.2 Å². The second-order valence-electron chi connectivity index (χ2n) is 6.25. The second-order valence-corrected chi connectivity index (χ2v) is 7.07. The van der Waals surface area contributed by atoms with Gasteiger partial charge in [0.05, 0.1) is 10.0 Å². The molecule has 0 radical (unpaired) electrons. The Morgan fingerprint density at radius 3 is 2.17 bits per heavy atom. The van der Waals surface area contributed by atoms with E-state index in [1.54, 1.807) is 0 Å². The number of hydrogen-bond acceptors (Lipinski definition) is 3. The summed E-state index contributed by atoms with van der Waals surface area (Å²) in [6.45, 7) is 6.69. The van der Waals surface area contributed by atoms with Gasteiger partial charge in [-0.1, -0.05) is 35.3 Å². The third kappa shape index (κ3) is 5.18. The maximum absolute atomic E-state index is 6.08. The van der Waals surface area contributed by atoms with Gasteiger partial charge in [0.15, 0.2) is 0 Å². The van der Waals surface area contributed by atoms with Crippen molar-refractivity contribution in [3.05, 3.63) is 63.9 Å². The summed E-state index contributed by atoms with van der Waals surface area (Å²) in [5, 5.41) is 1.27. The first-order valence-electron chi connectivity index (χ1n) is 8.49. The summed E-state index contributed by atoms with van der Waals surface area (Å²) in [7, 11) is 0. The molecule has 0 aliphatic carbocycles. The van der Waals surface area contributed by atoms with Crippen LogP contribution in [-0.4, -0.2) is 54.1 Å². The quantitative estimate of drug-likeness (QED) is 0.778. The molecule has 3 nitrogen and oxygen atoms in total. The van der Waals surface area contributed by atoms with Crippen molar-refractivity contribution in [2.24, 2.45) is 0 Å². The van der Waals surface area contributed by atoms with Gasteiger partial charge in [0.25, 0.3) is 0 Å². The third-order valence-corrected chi connectivity index (χ3v) is 5.31. The van der Waals surface area contributed by atoms with E-state index >= 15 is 0 Å². The lowest BCUT2D eigenvalue weighted by Crippen LogP contribution is -2.47. The van der Waals surface area contributed by atoms with Crippen LogP contribution < -0.4 is 0 Å². The van der Waals surface area contributed by atoms with Crippen molar-refractivity contribution in [1.29, 1.82) is 0 Å². The van der Waals surface area contributed by atoms with E-state index in [0.717, 1.165) is 52.1 Å². The molecule has 24 heavy (non-hydrogen) atoms. The Kier molecular flexibility index (Phi) is 6.50. The summed E-state index contributed by atoms with van der Waals surface area (Å²) < 4.78 is 0.